The van der Waals surface area contributed by atoms with Gasteiger partial charge in [0.2, 0.25) is 0 Å². The fraction of sp³-hybridized carbons (Fsp3) is 0.923. The fourth-order valence-electron chi connectivity index (χ4n) is 1.59. The topological polar surface area (TPSA) is 17.1 Å². The number of hydrogen-bond donors (Lipinski definition) is 0. The Morgan fingerprint density at radius 3 is 2.27 bits per heavy atom. The predicted octanol–water partition coefficient (Wildman–Crippen LogP) is 4.80. The Labute approximate surface area is 99.4 Å². The van der Waals surface area contributed by atoms with E-state index >= 15 is 0 Å². The van der Waals surface area contributed by atoms with E-state index in [2.05, 4.69) is 13.8 Å². The highest BCUT2D eigenvalue weighted by molar-refractivity contribution is 8.14. The van der Waals surface area contributed by atoms with Crippen molar-refractivity contribution in [3.63, 3.8) is 0 Å². The first-order chi connectivity index (χ1) is 7.24. The smallest absolute Gasteiger partial charge is 0.188 e. The molecular formula is C13H26OS. The third-order valence-corrected chi connectivity index (χ3v) is 4.13. The monoisotopic (exact) mass is 230 g/mol. The van der Waals surface area contributed by atoms with E-state index in [9.17, 15) is 4.79 Å². The van der Waals surface area contributed by atoms with Gasteiger partial charge in [0.15, 0.2) is 5.12 Å². The second-order valence-corrected chi connectivity index (χ2v) is 5.43. The summed E-state index contributed by atoms with van der Waals surface area (Å²) in [5.74, 6) is 0. The van der Waals surface area contributed by atoms with Gasteiger partial charge in [-0.2, -0.15) is 0 Å². The van der Waals surface area contributed by atoms with E-state index in [1.165, 1.54) is 38.5 Å². The van der Waals surface area contributed by atoms with Gasteiger partial charge < -0.3 is 0 Å². The molecule has 0 heterocycles. The van der Waals surface area contributed by atoms with Crippen LogP contribution in [0.1, 0.15) is 72.1 Å². The van der Waals surface area contributed by atoms with E-state index in [-0.39, 0.29) is 0 Å². The second-order valence-electron chi connectivity index (χ2n) is 4.08. The molecule has 0 spiro atoms. The van der Waals surface area contributed by atoms with Crippen LogP contribution in [0.5, 0.6) is 0 Å². The largest absolute Gasteiger partial charge is 0.287 e. The van der Waals surface area contributed by atoms with Crippen LogP contribution >= 0.6 is 11.8 Å². The Kier molecular flexibility index (Phi) is 10.5. The molecule has 0 aliphatic rings. The van der Waals surface area contributed by atoms with Crippen molar-refractivity contribution in [2.24, 2.45) is 0 Å². The normalized spacial score (nSPS) is 12.7. The highest BCUT2D eigenvalue weighted by Crippen LogP contribution is 2.22. The summed E-state index contributed by atoms with van der Waals surface area (Å²) in [7, 11) is 0. The zero-order chi connectivity index (χ0) is 11.5. The lowest BCUT2D eigenvalue weighted by atomic mass is 10.1. The number of hydrogen-bond acceptors (Lipinski definition) is 2. The van der Waals surface area contributed by atoms with Crippen LogP contribution in [0.3, 0.4) is 0 Å². The van der Waals surface area contributed by atoms with Gasteiger partial charge in [0.05, 0.1) is 0 Å². The highest BCUT2D eigenvalue weighted by atomic mass is 32.2. The van der Waals surface area contributed by atoms with Crippen LogP contribution in [0.4, 0.5) is 0 Å². The van der Waals surface area contributed by atoms with E-state index in [4.69, 9.17) is 0 Å². The van der Waals surface area contributed by atoms with Crippen LogP contribution in [0.2, 0.25) is 0 Å². The molecule has 1 unspecified atom stereocenters. The molecule has 0 aromatic rings. The van der Waals surface area contributed by atoms with Gasteiger partial charge in [-0.15, -0.1) is 0 Å². The quantitative estimate of drug-likeness (QED) is 0.529. The van der Waals surface area contributed by atoms with Gasteiger partial charge in [-0.25, -0.2) is 0 Å². The Morgan fingerprint density at radius 1 is 1.07 bits per heavy atom. The summed E-state index contributed by atoms with van der Waals surface area (Å²) in [6.45, 7) is 6.38. The minimum absolute atomic E-state index is 0.357. The minimum atomic E-state index is 0.357. The number of rotatable bonds is 9. The van der Waals surface area contributed by atoms with Crippen LogP contribution in [-0.4, -0.2) is 10.4 Å². The van der Waals surface area contributed by atoms with Gasteiger partial charge in [0.25, 0.3) is 0 Å². The molecule has 15 heavy (non-hydrogen) atoms. The summed E-state index contributed by atoms with van der Waals surface area (Å²) in [4.78, 5) is 11.3. The van der Waals surface area contributed by atoms with Crippen molar-refractivity contribution in [1.29, 1.82) is 0 Å². The summed E-state index contributed by atoms with van der Waals surface area (Å²) >= 11 is 1.57. The first-order valence-corrected chi connectivity index (χ1v) is 7.31. The molecule has 0 aliphatic heterocycles. The predicted molar refractivity (Wildman–Crippen MR) is 70.3 cm³/mol. The maximum atomic E-state index is 11.3. The third-order valence-electron chi connectivity index (χ3n) is 2.67. The van der Waals surface area contributed by atoms with Crippen molar-refractivity contribution in [1.82, 2.24) is 0 Å². The van der Waals surface area contributed by atoms with Gasteiger partial charge in [0, 0.05) is 11.7 Å². The van der Waals surface area contributed by atoms with E-state index in [1.54, 1.807) is 11.8 Å². The van der Waals surface area contributed by atoms with Crippen molar-refractivity contribution in [2.45, 2.75) is 77.4 Å². The third kappa shape index (κ3) is 8.98. The summed E-state index contributed by atoms with van der Waals surface area (Å²) in [6.07, 6.45) is 9.68. The van der Waals surface area contributed by atoms with Crippen molar-refractivity contribution >= 4 is 16.9 Å². The average molecular weight is 230 g/mol. The molecule has 0 N–H and O–H groups in total. The summed E-state index contributed by atoms with van der Waals surface area (Å²) in [5.41, 5.74) is 0. The van der Waals surface area contributed by atoms with Crippen molar-refractivity contribution < 1.29 is 4.79 Å². The van der Waals surface area contributed by atoms with Crippen LogP contribution in [-0.2, 0) is 4.79 Å². The number of unbranched alkanes of at least 4 members (excludes halogenated alkanes) is 4. The molecule has 0 aromatic heterocycles. The first kappa shape index (κ1) is 15.0. The fourth-order valence-corrected chi connectivity index (χ4v) is 2.58. The first-order valence-electron chi connectivity index (χ1n) is 6.44. The maximum absolute atomic E-state index is 11.3. The van der Waals surface area contributed by atoms with Gasteiger partial charge in [-0.1, -0.05) is 64.6 Å². The van der Waals surface area contributed by atoms with Gasteiger partial charge >= 0.3 is 0 Å². The molecule has 2 heteroatoms. The van der Waals surface area contributed by atoms with Crippen LogP contribution in [0.25, 0.3) is 0 Å². The Balaban J connectivity index is 3.48. The highest BCUT2D eigenvalue weighted by Gasteiger charge is 2.10. The van der Waals surface area contributed by atoms with E-state index < -0.39 is 0 Å². The lowest BCUT2D eigenvalue weighted by Gasteiger charge is -2.12. The standard InChI is InChI=1S/C13H26OS/c1-4-7-8-9-10-11-12(5-2)15-13(14)6-3/h12H,4-11H2,1-3H3. The summed E-state index contributed by atoms with van der Waals surface area (Å²) in [6, 6.07) is 0. The van der Waals surface area contributed by atoms with Gasteiger partial charge in [-0.05, 0) is 12.8 Å². The van der Waals surface area contributed by atoms with Crippen molar-refractivity contribution in [3.05, 3.63) is 0 Å². The molecule has 0 saturated heterocycles. The molecule has 0 rings (SSSR count). The van der Waals surface area contributed by atoms with E-state index in [0.29, 0.717) is 16.8 Å². The summed E-state index contributed by atoms with van der Waals surface area (Å²) < 4.78 is 0. The molecule has 0 fully saturated rings. The molecule has 0 amide bonds. The Bertz CT molecular complexity index is 157. The molecule has 1 nitrogen and oxygen atoms in total. The Hall–Kier alpha value is 0.0200. The molecule has 0 aromatic carbocycles. The molecule has 1 atom stereocenters. The summed E-state index contributed by atoms with van der Waals surface area (Å²) in [5, 5.41) is 0.925. The van der Waals surface area contributed by atoms with Crippen LogP contribution < -0.4 is 0 Å². The SMILES string of the molecule is CCCCCCCC(CC)SC(=O)CC. The number of carbonyl (C=O) groups excluding carboxylic acids is 1. The molecular weight excluding hydrogens is 204 g/mol. The molecule has 0 saturated carbocycles. The molecule has 0 bridgehead atoms. The zero-order valence-corrected chi connectivity index (χ0v) is 11.4. The van der Waals surface area contributed by atoms with Crippen molar-refractivity contribution in [3.8, 4) is 0 Å². The number of carbonyl (C=O) groups is 1. The maximum Gasteiger partial charge on any atom is 0.188 e. The van der Waals surface area contributed by atoms with Crippen molar-refractivity contribution in [2.75, 3.05) is 0 Å². The number of thioether (sulfide) groups is 1. The van der Waals surface area contributed by atoms with E-state index in [1.807, 2.05) is 6.92 Å². The lowest BCUT2D eigenvalue weighted by Crippen LogP contribution is -2.05. The molecule has 0 aliphatic carbocycles. The zero-order valence-electron chi connectivity index (χ0n) is 10.6. The van der Waals surface area contributed by atoms with Crippen LogP contribution in [0, 0.1) is 0 Å². The average Bonchev–Trinajstić information content (AvgIpc) is 2.26. The van der Waals surface area contributed by atoms with Gasteiger partial charge in [0.1, 0.15) is 0 Å². The molecule has 90 valence electrons. The minimum Gasteiger partial charge on any atom is -0.287 e. The lowest BCUT2D eigenvalue weighted by molar-refractivity contribution is -0.110. The second kappa shape index (κ2) is 10.5. The Morgan fingerprint density at radius 2 is 1.73 bits per heavy atom. The molecule has 0 radical (unpaired) electrons. The van der Waals surface area contributed by atoms with Gasteiger partial charge in [-0.3, -0.25) is 4.79 Å². The van der Waals surface area contributed by atoms with E-state index in [0.717, 1.165) is 6.42 Å². The van der Waals surface area contributed by atoms with Crippen LogP contribution in [0.15, 0.2) is 0 Å².